The van der Waals surface area contributed by atoms with Gasteiger partial charge in [0.1, 0.15) is 5.75 Å². The maximum atomic E-state index is 10.9. The molecule has 1 aromatic heterocycles. The molecule has 5 heteroatoms. The van der Waals surface area contributed by atoms with Gasteiger partial charge in [0.05, 0.1) is 0 Å². The van der Waals surface area contributed by atoms with Gasteiger partial charge in [0.25, 0.3) is 0 Å². The third-order valence-corrected chi connectivity index (χ3v) is 2.46. The highest BCUT2D eigenvalue weighted by atomic mass is 16.5. The molecule has 1 aromatic carbocycles. The lowest BCUT2D eigenvalue weighted by Gasteiger charge is -2.07. The van der Waals surface area contributed by atoms with Crippen molar-refractivity contribution in [1.29, 1.82) is 0 Å². The van der Waals surface area contributed by atoms with Crippen LogP contribution in [0.1, 0.15) is 27.3 Å². The van der Waals surface area contributed by atoms with E-state index in [1.165, 1.54) is 6.07 Å². The number of hydrogen-bond acceptors (Lipinski definition) is 4. The molecule has 19 heavy (non-hydrogen) atoms. The number of rotatable bonds is 3. The van der Waals surface area contributed by atoms with Crippen molar-refractivity contribution in [2.24, 2.45) is 0 Å². The van der Waals surface area contributed by atoms with E-state index in [0.29, 0.717) is 11.4 Å². The van der Waals surface area contributed by atoms with Gasteiger partial charge < -0.3 is 9.84 Å². The van der Waals surface area contributed by atoms with Crippen LogP contribution >= 0.6 is 0 Å². The number of carboxylic acids is 1. The Kier molecular flexibility index (Phi) is 3.46. The minimum Gasteiger partial charge on any atom is -0.477 e. The summed E-state index contributed by atoms with van der Waals surface area (Å²) in [5, 5.41) is 8.94. The molecule has 0 fully saturated rings. The van der Waals surface area contributed by atoms with E-state index in [1.54, 1.807) is 6.92 Å². The quantitative estimate of drug-likeness (QED) is 0.916. The van der Waals surface area contributed by atoms with Gasteiger partial charge in [0.2, 0.25) is 0 Å². The number of benzene rings is 1. The van der Waals surface area contributed by atoms with Gasteiger partial charge in [-0.25, -0.2) is 9.78 Å². The van der Waals surface area contributed by atoms with E-state index in [1.807, 2.05) is 32.0 Å². The molecule has 0 bridgehead atoms. The monoisotopic (exact) mass is 258 g/mol. The fraction of sp³-hybridized carbons (Fsp3) is 0.214. The van der Waals surface area contributed by atoms with Crippen molar-refractivity contribution < 1.29 is 14.6 Å². The molecule has 1 heterocycles. The third kappa shape index (κ3) is 3.28. The molecule has 5 nitrogen and oxygen atoms in total. The Balaban J connectivity index is 2.35. The second kappa shape index (κ2) is 5.06. The topological polar surface area (TPSA) is 72.3 Å². The van der Waals surface area contributed by atoms with Crippen molar-refractivity contribution in [3.63, 3.8) is 0 Å². The maximum absolute atomic E-state index is 10.9. The molecule has 0 aliphatic rings. The summed E-state index contributed by atoms with van der Waals surface area (Å²) in [6.45, 7) is 5.61. The first-order valence-electron chi connectivity index (χ1n) is 5.79. The van der Waals surface area contributed by atoms with Crippen LogP contribution in [0.2, 0.25) is 0 Å². The van der Waals surface area contributed by atoms with E-state index in [4.69, 9.17) is 9.84 Å². The number of aryl methyl sites for hydroxylation is 3. The Labute approximate surface area is 110 Å². The molecule has 1 N–H and O–H groups in total. The normalized spacial score (nSPS) is 10.3. The van der Waals surface area contributed by atoms with E-state index < -0.39 is 5.97 Å². The summed E-state index contributed by atoms with van der Waals surface area (Å²) in [6, 6.07) is 7.16. The smallest absolute Gasteiger partial charge is 0.354 e. The molecule has 0 spiro atoms. The predicted octanol–water partition coefficient (Wildman–Crippen LogP) is 2.89. The second-order valence-electron chi connectivity index (χ2n) is 4.41. The maximum Gasteiger partial charge on any atom is 0.354 e. The van der Waals surface area contributed by atoms with Crippen LogP contribution in [0.4, 0.5) is 0 Å². The Morgan fingerprint density at radius 2 is 1.68 bits per heavy atom. The lowest BCUT2D eigenvalue weighted by Crippen LogP contribution is -2.04. The first kappa shape index (κ1) is 13.0. The fourth-order valence-electron chi connectivity index (χ4n) is 1.79. The van der Waals surface area contributed by atoms with Crippen molar-refractivity contribution in [2.75, 3.05) is 0 Å². The van der Waals surface area contributed by atoms with Crippen LogP contribution in [0.25, 0.3) is 0 Å². The number of aromatic carboxylic acids is 1. The molecule has 0 unspecified atom stereocenters. The molecule has 0 amide bonds. The first-order valence-corrected chi connectivity index (χ1v) is 5.79. The van der Waals surface area contributed by atoms with Crippen molar-refractivity contribution in [1.82, 2.24) is 9.97 Å². The SMILES string of the molecule is Cc1cc(C)cc(Oc2nc(C)cc(C(=O)O)n2)c1. The van der Waals surface area contributed by atoms with Crippen LogP contribution in [0.15, 0.2) is 24.3 Å². The summed E-state index contributed by atoms with van der Waals surface area (Å²) < 4.78 is 5.53. The summed E-state index contributed by atoms with van der Waals surface area (Å²) in [6.07, 6.45) is 0. The van der Waals surface area contributed by atoms with Crippen molar-refractivity contribution in [2.45, 2.75) is 20.8 Å². The summed E-state index contributed by atoms with van der Waals surface area (Å²) in [7, 11) is 0. The average molecular weight is 258 g/mol. The van der Waals surface area contributed by atoms with Crippen LogP contribution in [-0.2, 0) is 0 Å². The minimum absolute atomic E-state index is 0.0439. The summed E-state index contributed by atoms with van der Waals surface area (Å²) >= 11 is 0. The molecule has 2 rings (SSSR count). The van der Waals surface area contributed by atoms with Crippen LogP contribution in [-0.4, -0.2) is 21.0 Å². The van der Waals surface area contributed by atoms with E-state index in [2.05, 4.69) is 9.97 Å². The van der Waals surface area contributed by atoms with Gasteiger partial charge in [-0.05, 0) is 50.1 Å². The van der Waals surface area contributed by atoms with E-state index in [9.17, 15) is 4.79 Å². The Hall–Kier alpha value is -2.43. The Bertz CT molecular complexity index is 618. The molecular formula is C14H14N2O3. The molecule has 0 aliphatic carbocycles. The third-order valence-electron chi connectivity index (χ3n) is 2.46. The zero-order valence-electron chi connectivity index (χ0n) is 11.0. The van der Waals surface area contributed by atoms with Gasteiger partial charge in [-0.3, -0.25) is 0 Å². The summed E-state index contributed by atoms with van der Waals surface area (Å²) in [4.78, 5) is 18.8. The van der Waals surface area contributed by atoms with Crippen molar-refractivity contribution in [3.05, 3.63) is 46.8 Å². The second-order valence-corrected chi connectivity index (χ2v) is 4.41. The minimum atomic E-state index is -1.10. The number of carboxylic acid groups (broad SMARTS) is 1. The zero-order valence-corrected chi connectivity index (χ0v) is 11.0. The Morgan fingerprint density at radius 1 is 1.05 bits per heavy atom. The van der Waals surface area contributed by atoms with E-state index >= 15 is 0 Å². The predicted molar refractivity (Wildman–Crippen MR) is 69.7 cm³/mol. The fourth-order valence-corrected chi connectivity index (χ4v) is 1.79. The lowest BCUT2D eigenvalue weighted by atomic mass is 10.1. The molecule has 0 saturated heterocycles. The highest BCUT2D eigenvalue weighted by Gasteiger charge is 2.10. The number of carbonyl (C=O) groups is 1. The number of nitrogens with zero attached hydrogens (tertiary/aromatic N) is 2. The van der Waals surface area contributed by atoms with Crippen molar-refractivity contribution >= 4 is 5.97 Å². The largest absolute Gasteiger partial charge is 0.477 e. The molecule has 0 saturated carbocycles. The molecule has 98 valence electrons. The van der Waals surface area contributed by atoms with Gasteiger partial charge >= 0.3 is 12.0 Å². The van der Waals surface area contributed by atoms with Gasteiger partial charge in [-0.2, -0.15) is 4.98 Å². The highest BCUT2D eigenvalue weighted by Crippen LogP contribution is 2.21. The van der Waals surface area contributed by atoms with E-state index in [0.717, 1.165) is 11.1 Å². The van der Waals surface area contributed by atoms with Gasteiger partial charge in [0, 0.05) is 5.69 Å². The van der Waals surface area contributed by atoms with E-state index in [-0.39, 0.29) is 11.7 Å². The number of hydrogen-bond donors (Lipinski definition) is 1. The number of aromatic nitrogens is 2. The van der Waals surface area contributed by atoms with Gasteiger partial charge in [0.15, 0.2) is 5.69 Å². The number of ether oxygens (including phenoxy) is 1. The van der Waals surface area contributed by atoms with Crippen LogP contribution in [0, 0.1) is 20.8 Å². The summed E-state index contributed by atoms with van der Waals surface area (Å²) in [5.74, 6) is -0.504. The molecular weight excluding hydrogens is 244 g/mol. The molecule has 0 radical (unpaired) electrons. The van der Waals surface area contributed by atoms with Gasteiger partial charge in [-0.15, -0.1) is 0 Å². The summed E-state index contributed by atoms with van der Waals surface area (Å²) in [5.41, 5.74) is 2.58. The molecule has 0 atom stereocenters. The standard InChI is InChI=1S/C14H14N2O3/c1-8-4-9(2)6-11(5-8)19-14-15-10(3)7-12(16-14)13(17)18/h4-7H,1-3H3,(H,17,18). The average Bonchev–Trinajstić information content (AvgIpc) is 2.26. The first-order chi connectivity index (χ1) is 8.94. The highest BCUT2D eigenvalue weighted by molar-refractivity contribution is 5.85. The van der Waals surface area contributed by atoms with Crippen LogP contribution < -0.4 is 4.74 Å². The molecule has 0 aliphatic heterocycles. The molecule has 2 aromatic rings. The van der Waals surface area contributed by atoms with Crippen LogP contribution in [0.5, 0.6) is 11.8 Å². The van der Waals surface area contributed by atoms with Crippen LogP contribution in [0.3, 0.4) is 0 Å². The lowest BCUT2D eigenvalue weighted by molar-refractivity contribution is 0.0689. The zero-order chi connectivity index (χ0) is 14.0. The Morgan fingerprint density at radius 3 is 2.26 bits per heavy atom. The van der Waals surface area contributed by atoms with Crippen molar-refractivity contribution in [3.8, 4) is 11.8 Å². The van der Waals surface area contributed by atoms with Gasteiger partial charge in [-0.1, -0.05) is 6.07 Å².